The Morgan fingerprint density at radius 2 is 1.86 bits per heavy atom. The van der Waals surface area contributed by atoms with Crippen LogP contribution in [0.1, 0.15) is 33.2 Å². The lowest BCUT2D eigenvalue weighted by Crippen LogP contribution is -2.47. The van der Waals surface area contributed by atoms with Crippen molar-refractivity contribution in [2.24, 2.45) is 0 Å². The number of aromatic nitrogens is 1. The molecule has 0 aliphatic heterocycles. The predicted octanol–water partition coefficient (Wildman–Crippen LogP) is 3.89. The lowest BCUT2D eigenvalue weighted by Gasteiger charge is -2.26. The molecule has 1 aliphatic carbocycles. The molecule has 5 rings (SSSR count). The molecule has 2 atom stereocenters. The molecule has 4 N–H and O–H groups in total. The smallest absolute Gasteiger partial charge is 0.268 e. The molecular formula is C27H27ClN4O3S. The normalized spacial score (nSPS) is 16.9. The highest BCUT2D eigenvalue weighted by Crippen LogP contribution is 2.32. The molecule has 1 aliphatic rings. The third-order valence-electron chi connectivity index (χ3n) is 6.42. The fraction of sp³-hybridized carbons (Fsp3) is 0.259. The van der Waals surface area contributed by atoms with Gasteiger partial charge in [-0.25, -0.2) is 0 Å². The first-order valence-corrected chi connectivity index (χ1v) is 13.0. The number of nitrogens with one attached hydrogen (secondary N) is 3. The first-order chi connectivity index (χ1) is 17.5. The minimum absolute atomic E-state index is 0.0378. The number of hydrogen-bond donors (Lipinski definition) is 4. The minimum Gasteiger partial charge on any atom is -0.395 e. The zero-order valence-electron chi connectivity index (χ0n) is 19.5. The number of nitrogens with zero attached hydrogens (tertiary/aromatic N) is 1. The molecule has 2 heterocycles. The number of aromatic amines is 1. The molecular weight excluding hydrogens is 496 g/mol. The number of fused-ring (bicyclic) bond motifs is 2. The van der Waals surface area contributed by atoms with E-state index in [-0.39, 0.29) is 37.0 Å². The Labute approximate surface area is 218 Å². The largest absolute Gasteiger partial charge is 0.395 e. The van der Waals surface area contributed by atoms with Crippen molar-refractivity contribution in [1.29, 1.82) is 0 Å². The number of rotatable bonds is 9. The average Bonchev–Trinajstić information content (AvgIpc) is 3.51. The Hall–Kier alpha value is -3.17. The number of thiophene rings is 1. The summed E-state index contributed by atoms with van der Waals surface area (Å²) < 4.78 is 0.666. The highest BCUT2D eigenvalue weighted by molar-refractivity contribution is 7.22. The molecule has 0 unspecified atom stereocenters. The van der Waals surface area contributed by atoms with Crippen LogP contribution in [0.2, 0.25) is 4.34 Å². The second-order valence-corrected chi connectivity index (χ2v) is 10.6. The number of hydrogen-bond acceptors (Lipinski definition) is 5. The van der Waals surface area contributed by atoms with E-state index in [4.69, 9.17) is 11.6 Å². The Bertz CT molecular complexity index is 1340. The van der Waals surface area contributed by atoms with Gasteiger partial charge in [0.1, 0.15) is 10.5 Å². The highest BCUT2D eigenvalue weighted by atomic mass is 35.5. The van der Waals surface area contributed by atoms with E-state index in [1.54, 1.807) is 6.07 Å². The number of carbonyl (C=O) groups excluding carboxylic acids is 2. The average molecular weight is 523 g/mol. The SMILES string of the molecule is O=C(CN(CCO)Cc1ccccc1)N[C@H]1c2ccccc2C[C@H]1NC(=O)c1cc2cc(Cl)sc2[nH]1. The van der Waals surface area contributed by atoms with E-state index in [2.05, 4.69) is 15.6 Å². The number of aliphatic hydroxyl groups is 1. The number of halogens is 1. The summed E-state index contributed by atoms with van der Waals surface area (Å²) in [6, 6.07) is 20.8. The summed E-state index contributed by atoms with van der Waals surface area (Å²) in [6.07, 6.45) is 0.623. The summed E-state index contributed by atoms with van der Waals surface area (Å²) in [4.78, 5) is 32.1. The molecule has 2 amide bonds. The molecule has 9 heteroatoms. The summed E-state index contributed by atoms with van der Waals surface area (Å²) in [7, 11) is 0. The Balaban J connectivity index is 1.29. The maximum Gasteiger partial charge on any atom is 0.268 e. The molecule has 36 heavy (non-hydrogen) atoms. The van der Waals surface area contributed by atoms with E-state index in [9.17, 15) is 14.7 Å². The maximum absolute atomic E-state index is 13.1. The van der Waals surface area contributed by atoms with Crippen LogP contribution in [0.5, 0.6) is 0 Å². The van der Waals surface area contributed by atoms with Crippen LogP contribution < -0.4 is 10.6 Å². The van der Waals surface area contributed by atoms with Crippen LogP contribution in [0.3, 0.4) is 0 Å². The number of amides is 2. The summed E-state index contributed by atoms with van der Waals surface area (Å²) in [5, 5.41) is 16.7. The lowest BCUT2D eigenvalue weighted by molar-refractivity contribution is -0.123. The lowest BCUT2D eigenvalue weighted by atomic mass is 10.1. The molecule has 4 aromatic rings. The molecule has 0 fully saturated rings. The van der Waals surface area contributed by atoms with Gasteiger partial charge in [0.25, 0.3) is 5.91 Å². The third-order valence-corrected chi connectivity index (χ3v) is 7.62. The van der Waals surface area contributed by atoms with E-state index in [0.717, 1.165) is 26.9 Å². The molecule has 186 valence electrons. The summed E-state index contributed by atoms with van der Waals surface area (Å²) in [6.45, 7) is 1.05. The second kappa shape index (κ2) is 10.8. The molecule has 0 radical (unpaired) electrons. The quantitative estimate of drug-likeness (QED) is 0.268. The van der Waals surface area contributed by atoms with Crippen molar-refractivity contribution in [2.45, 2.75) is 25.0 Å². The van der Waals surface area contributed by atoms with Crippen LogP contribution in [-0.2, 0) is 17.8 Å². The Kier molecular flexibility index (Phi) is 7.38. The zero-order chi connectivity index (χ0) is 25.1. The summed E-state index contributed by atoms with van der Waals surface area (Å²) >= 11 is 7.45. The van der Waals surface area contributed by atoms with Crippen LogP contribution in [0.25, 0.3) is 10.2 Å². The van der Waals surface area contributed by atoms with Crippen molar-refractivity contribution in [2.75, 3.05) is 19.7 Å². The van der Waals surface area contributed by atoms with E-state index in [1.165, 1.54) is 11.3 Å². The third kappa shape index (κ3) is 5.47. The van der Waals surface area contributed by atoms with Gasteiger partial charge in [0.2, 0.25) is 5.91 Å². The fourth-order valence-corrected chi connectivity index (χ4v) is 5.91. The van der Waals surface area contributed by atoms with Gasteiger partial charge in [-0.3, -0.25) is 14.5 Å². The predicted molar refractivity (Wildman–Crippen MR) is 142 cm³/mol. The zero-order valence-corrected chi connectivity index (χ0v) is 21.1. The number of H-pyrrole nitrogens is 1. The van der Waals surface area contributed by atoms with E-state index in [0.29, 0.717) is 29.5 Å². The summed E-state index contributed by atoms with van der Waals surface area (Å²) in [5.74, 6) is -0.382. The molecule has 7 nitrogen and oxygen atoms in total. The molecule has 2 aromatic carbocycles. The van der Waals surface area contributed by atoms with Crippen LogP contribution in [0.15, 0.2) is 66.7 Å². The van der Waals surface area contributed by atoms with Gasteiger partial charge in [-0.2, -0.15) is 0 Å². The monoisotopic (exact) mass is 522 g/mol. The molecule has 2 aromatic heterocycles. The van der Waals surface area contributed by atoms with Gasteiger partial charge in [0.15, 0.2) is 0 Å². The van der Waals surface area contributed by atoms with Crippen molar-refractivity contribution < 1.29 is 14.7 Å². The van der Waals surface area contributed by atoms with Crippen LogP contribution in [-0.4, -0.2) is 52.5 Å². The topological polar surface area (TPSA) is 97.5 Å². The van der Waals surface area contributed by atoms with Gasteiger partial charge in [-0.1, -0.05) is 66.2 Å². The molecule has 0 saturated carbocycles. The molecule has 0 bridgehead atoms. The van der Waals surface area contributed by atoms with Crippen LogP contribution >= 0.6 is 22.9 Å². The minimum atomic E-state index is -0.351. The van der Waals surface area contributed by atoms with E-state index in [1.807, 2.05) is 65.6 Å². The van der Waals surface area contributed by atoms with Crippen molar-refractivity contribution in [3.05, 3.63) is 93.5 Å². The second-order valence-electron chi connectivity index (χ2n) is 8.97. The van der Waals surface area contributed by atoms with Crippen molar-refractivity contribution >= 4 is 45.0 Å². The van der Waals surface area contributed by atoms with Gasteiger partial charge in [0.05, 0.1) is 29.6 Å². The van der Waals surface area contributed by atoms with E-state index >= 15 is 0 Å². The number of benzene rings is 2. The standard InChI is InChI=1S/C27H27ClN4O3S/c28-23-14-19-13-22(30-27(19)36-23)26(35)29-21-12-18-8-4-5-9-20(18)25(21)31-24(34)16-32(10-11-33)15-17-6-2-1-3-7-17/h1-9,13-14,21,25,30,33H,10-12,15-16H2,(H,29,35)(H,31,34)/t21-,25+/m1/s1. The number of aliphatic hydroxyl groups excluding tert-OH is 1. The van der Waals surface area contributed by atoms with Gasteiger partial charge < -0.3 is 20.7 Å². The van der Waals surface area contributed by atoms with Crippen LogP contribution in [0.4, 0.5) is 0 Å². The van der Waals surface area contributed by atoms with Gasteiger partial charge in [-0.15, -0.1) is 11.3 Å². The Morgan fingerprint density at radius 3 is 2.64 bits per heavy atom. The first kappa shape index (κ1) is 24.5. The van der Waals surface area contributed by atoms with Gasteiger partial charge in [-0.05, 0) is 35.2 Å². The Morgan fingerprint density at radius 1 is 1.08 bits per heavy atom. The summed E-state index contributed by atoms with van der Waals surface area (Å²) in [5.41, 5.74) is 3.64. The number of carbonyl (C=O) groups is 2. The highest BCUT2D eigenvalue weighted by Gasteiger charge is 2.35. The van der Waals surface area contributed by atoms with Gasteiger partial charge >= 0.3 is 0 Å². The van der Waals surface area contributed by atoms with Gasteiger partial charge in [0, 0.05) is 18.5 Å². The van der Waals surface area contributed by atoms with Crippen molar-refractivity contribution in [3.8, 4) is 0 Å². The fourth-order valence-electron chi connectivity index (χ4n) is 4.79. The van der Waals surface area contributed by atoms with Crippen molar-refractivity contribution in [3.63, 3.8) is 0 Å². The van der Waals surface area contributed by atoms with Crippen LogP contribution in [0, 0.1) is 0 Å². The molecule has 0 saturated heterocycles. The van der Waals surface area contributed by atoms with E-state index < -0.39 is 0 Å². The van der Waals surface area contributed by atoms with Crippen molar-refractivity contribution in [1.82, 2.24) is 20.5 Å². The first-order valence-electron chi connectivity index (χ1n) is 11.8. The molecule has 0 spiro atoms. The maximum atomic E-state index is 13.1.